The molecule has 0 saturated carbocycles. The van der Waals surface area contributed by atoms with E-state index in [0.717, 1.165) is 0 Å². The van der Waals surface area contributed by atoms with Crippen molar-refractivity contribution >= 4 is 23.1 Å². The highest BCUT2D eigenvalue weighted by atomic mass is 19.1. The van der Waals surface area contributed by atoms with Crippen molar-refractivity contribution in [3.05, 3.63) is 59.9 Å². The highest BCUT2D eigenvalue weighted by molar-refractivity contribution is 5.98. The number of fused-ring (bicyclic) bond motifs is 1. The van der Waals surface area contributed by atoms with E-state index in [1.807, 2.05) is 0 Å². The zero-order valence-corrected chi connectivity index (χ0v) is 11.6. The highest BCUT2D eigenvalue weighted by Crippen LogP contribution is 2.21. The van der Waals surface area contributed by atoms with Gasteiger partial charge in [0.25, 0.3) is 0 Å². The molecule has 0 aliphatic rings. The van der Waals surface area contributed by atoms with E-state index in [9.17, 15) is 14.0 Å². The van der Waals surface area contributed by atoms with Crippen LogP contribution in [0.15, 0.2) is 47.2 Å². The lowest BCUT2D eigenvalue weighted by atomic mass is 10.2. The van der Waals surface area contributed by atoms with Gasteiger partial charge in [-0.15, -0.1) is 0 Å². The zero-order valence-electron chi connectivity index (χ0n) is 11.6. The van der Waals surface area contributed by atoms with Crippen molar-refractivity contribution < 1.29 is 18.4 Å². The molecule has 1 amide bonds. The van der Waals surface area contributed by atoms with E-state index < -0.39 is 5.82 Å². The number of carbonyl (C=O) groups is 2. The average Bonchev–Trinajstić information content (AvgIpc) is 3.13. The quantitative estimate of drug-likeness (QED) is 0.736. The minimum Gasteiger partial charge on any atom is -0.467 e. The molecule has 0 unspecified atom stereocenters. The monoisotopic (exact) mass is 300 g/mol. The fourth-order valence-corrected chi connectivity index (χ4v) is 2.33. The molecule has 0 saturated heterocycles. The lowest BCUT2D eigenvalue weighted by Gasteiger charge is -2.06. The Morgan fingerprint density at radius 3 is 2.95 bits per heavy atom. The number of nitrogens with zero attached hydrogens (tertiary/aromatic N) is 1. The van der Waals surface area contributed by atoms with Crippen LogP contribution in [0.3, 0.4) is 0 Å². The zero-order chi connectivity index (χ0) is 15.5. The second kappa shape index (κ2) is 5.85. The van der Waals surface area contributed by atoms with Crippen molar-refractivity contribution in [3.8, 4) is 0 Å². The third kappa shape index (κ3) is 2.76. The fourth-order valence-electron chi connectivity index (χ4n) is 2.33. The predicted octanol–water partition coefficient (Wildman–Crippen LogP) is 2.50. The summed E-state index contributed by atoms with van der Waals surface area (Å²) in [7, 11) is 0. The van der Waals surface area contributed by atoms with Crippen molar-refractivity contribution in [1.82, 2.24) is 9.88 Å². The molecule has 0 atom stereocenters. The summed E-state index contributed by atoms with van der Waals surface area (Å²) in [6, 6.07) is 7.65. The Labute approximate surface area is 125 Å². The molecule has 112 valence electrons. The average molecular weight is 300 g/mol. The molecule has 0 aliphatic heterocycles. The van der Waals surface area contributed by atoms with Crippen LogP contribution in [0.4, 0.5) is 4.39 Å². The predicted molar refractivity (Wildman–Crippen MR) is 77.8 cm³/mol. The van der Waals surface area contributed by atoms with Crippen LogP contribution in [0.25, 0.3) is 10.9 Å². The lowest BCUT2D eigenvalue weighted by molar-refractivity contribution is -0.121. The molecule has 22 heavy (non-hydrogen) atoms. The third-order valence-corrected chi connectivity index (χ3v) is 3.35. The third-order valence-electron chi connectivity index (χ3n) is 3.35. The molecule has 3 aromatic rings. The number of aldehydes is 1. The first kappa shape index (κ1) is 14.1. The molecule has 3 rings (SSSR count). The van der Waals surface area contributed by atoms with Crippen molar-refractivity contribution in [3.63, 3.8) is 0 Å². The van der Waals surface area contributed by atoms with E-state index in [1.54, 1.807) is 29.0 Å². The summed E-state index contributed by atoms with van der Waals surface area (Å²) in [5.74, 6) is 0.00654. The molecule has 0 aliphatic carbocycles. The molecule has 0 radical (unpaired) electrons. The fraction of sp³-hybridized carbons (Fsp3) is 0.125. The first-order valence-electron chi connectivity index (χ1n) is 6.70. The van der Waals surface area contributed by atoms with E-state index in [1.165, 1.54) is 18.4 Å². The first-order chi connectivity index (χ1) is 10.7. The molecule has 0 fully saturated rings. The SMILES string of the molecule is O=Cc1cn(CC(=O)NCc2ccco2)c2ccc(F)cc12. The van der Waals surface area contributed by atoms with E-state index in [-0.39, 0.29) is 12.5 Å². The summed E-state index contributed by atoms with van der Waals surface area (Å²) in [6.45, 7) is 0.330. The van der Waals surface area contributed by atoms with E-state index in [2.05, 4.69) is 5.32 Å². The lowest BCUT2D eigenvalue weighted by Crippen LogP contribution is -2.26. The molecule has 1 aromatic carbocycles. The van der Waals surface area contributed by atoms with E-state index >= 15 is 0 Å². The van der Waals surface area contributed by atoms with Gasteiger partial charge in [0, 0.05) is 22.7 Å². The Hall–Kier alpha value is -2.89. The van der Waals surface area contributed by atoms with Gasteiger partial charge in [0.15, 0.2) is 6.29 Å². The van der Waals surface area contributed by atoms with Gasteiger partial charge in [-0.3, -0.25) is 9.59 Å². The maximum Gasteiger partial charge on any atom is 0.240 e. The molecule has 1 N–H and O–H groups in total. The van der Waals surface area contributed by atoms with Crippen LogP contribution >= 0.6 is 0 Å². The van der Waals surface area contributed by atoms with Gasteiger partial charge in [-0.1, -0.05) is 0 Å². The molecule has 2 aromatic heterocycles. The Balaban J connectivity index is 1.78. The number of aromatic nitrogens is 1. The Bertz CT molecular complexity index is 821. The Kier molecular flexibility index (Phi) is 3.74. The van der Waals surface area contributed by atoms with Gasteiger partial charge < -0.3 is 14.3 Å². The van der Waals surface area contributed by atoms with E-state index in [0.29, 0.717) is 35.1 Å². The van der Waals surface area contributed by atoms with Crippen LogP contribution < -0.4 is 5.32 Å². The minimum atomic E-state index is -0.421. The molecular formula is C16H13FN2O3. The van der Waals surface area contributed by atoms with Crippen LogP contribution in [0, 0.1) is 5.82 Å². The maximum atomic E-state index is 13.3. The molecular weight excluding hydrogens is 287 g/mol. The topological polar surface area (TPSA) is 64.2 Å². The van der Waals surface area contributed by atoms with Crippen LogP contribution in [0.5, 0.6) is 0 Å². The molecule has 0 bridgehead atoms. The number of carbonyl (C=O) groups excluding carboxylic acids is 2. The standard InChI is InChI=1S/C16H13FN2O3/c17-12-3-4-15-14(6-12)11(10-20)8-19(15)9-16(21)18-7-13-2-1-5-22-13/h1-6,8,10H,7,9H2,(H,18,21). The maximum absolute atomic E-state index is 13.3. The molecule has 0 spiro atoms. The molecule has 6 heteroatoms. The van der Waals surface area contributed by atoms with Crippen molar-refractivity contribution in [2.24, 2.45) is 0 Å². The summed E-state index contributed by atoms with van der Waals surface area (Å²) < 4.78 is 20.0. The highest BCUT2D eigenvalue weighted by Gasteiger charge is 2.11. The second-order valence-electron chi connectivity index (χ2n) is 4.85. The van der Waals surface area contributed by atoms with Gasteiger partial charge in [-0.2, -0.15) is 0 Å². The summed E-state index contributed by atoms with van der Waals surface area (Å²) in [5, 5.41) is 3.22. The van der Waals surface area contributed by atoms with Crippen molar-refractivity contribution in [2.45, 2.75) is 13.1 Å². The number of hydrogen-bond donors (Lipinski definition) is 1. The van der Waals surface area contributed by atoms with E-state index in [4.69, 9.17) is 4.42 Å². The Morgan fingerprint density at radius 2 is 2.23 bits per heavy atom. The minimum absolute atomic E-state index is 0.0384. The number of rotatable bonds is 5. The summed E-state index contributed by atoms with van der Waals surface area (Å²) >= 11 is 0. The van der Waals surface area contributed by atoms with Crippen LogP contribution in [0.1, 0.15) is 16.1 Å². The number of hydrogen-bond acceptors (Lipinski definition) is 3. The number of nitrogens with one attached hydrogen (secondary N) is 1. The normalized spacial score (nSPS) is 10.8. The summed E-state index contributed by atoms with van der Waals surface area (Å²) in [4.78, 5) is 23.0. The van der Waals surface area contributed by atoms with Gasteiger partial charge in [-0.05, 0) is 30.3 Å². The summed E-state index contributed by atoms with van der Waals surface area (Å²) in [5.41, 5.74) is 0.991. The number of halogens is 1. The van der Waals surface area contributed by atoms with Crippen LogP contribution in [0.2, 0.25) is 0 Å². The van der Waals surface area contributed by atoms with Crippen molar-refractivity contribution in [2.75, 3.05) is 0 Å². The van der Waals surface area contributed by atoms with Gasteiger partial charge in [0.2, 0.25) is 5.91 Å². The number of amides is 1. The van der Waals surface area contributed by atoms with Crippen LogP contribution in [-0.4, -0.2) is 16.8 Å². The van der Waals surface area contributed by atoms with Gasteiger partial charge in [0.05, 0.1) is 12.8 Å². The Morgan fingerprint density at radius 1 is 1.36 bits per heavy atom. The van der Waals surface area contributed by atoms with Crippen molar-refractivity contribution in [1.29, 1.82) is 0 Å². The number of furan rings is 1. The van der Waals surface area contributed by atoms with Gasteiger partial charge in [0.1, 0.15) is 18.1 Å². The number of benzene rings is 1. The smallest absolute Gasteiger partial charge is 0.240 e. The van der Waals surface area contributed by atoms with Gasteiger partial charge >= 0.3 is 0 Å². The van der Waals surface area contributed by atoms with Crippen LogP contribution in [-0.2, 0) is 17.9 Å². The second-order valence-corrected chi connectivity index (χ2v) is 4.85. The largest absolute Gasteiger partial charge is 0.467 e. The molecule has 2 heterocycles. The summed E-state index contributed by atoms with van der Waals surface area (Å²) in [6.07, 6.45) is 3.73. The first-order valence-corrected chi connectivity index (χ1v) is 6.70. The van der Waals surface area contributed by atoms with Gasteiger partial charge in [-0.25, -0.2) is 4.39 Å². The molecule has 5 nitrogen and oxygen atoms in total.